The molecule has 0 fully saturated rings. The number of carbonyl (C=O) groups excluding carboxylic acids is 2. The molecule has 0 unspecified atom stereocenters. The molecular weight excluding hydrogens is 1050 g/mol. The molecule has 5 aromatic rings. The van der Waals surface area contributed by atoms with Crippen LogP contribution in [0.5, 0.6) is 11.5 Å². The number of anilines is 2. The van der Waals surface area contributed by atoms with Gasteiger partial charge in [-0.15, -0.1) is 0 Å². The average Bonchev–Trinajstić information content (AvgIpc) is 3.34. The number of amides is 2. The van der Waals surface area contributed by atoms with Gasteiger partial charge in [0.15, 0.2) is 0 Å². The molecule has 0 atom stereocenters. The number of carbonyl (C=O) groups is 2. The van der Waals surface area contributed by atoms with E-state index in [-0.39, 0.29) is 87.8 Å². The van der Waals surface area contributed by atoms with Crippen LogP contribution in [0, 0.1) is 11.8 Å². The number of aryl methyl sites for hydroxylation is 2. The van der Waals surface area contributed by atoms with E-state index in [2.05, 4.69) is 43.5 Å². The van der Waals surface area contributed by atoms with Crippen molar-refractivity contribution in [3.63, 3.8) is 0 Å². The summed E-state index contributed by atoms with van der Waals surface area (Å²) in [5.41, 5.74) is 10.6. The first-order chi connectivity index (χ1) is 38.4. The zero-order valence-corrected chi connectivity index (χ0v) is 45.9. The van der Waals surface area contributed by atoms with Gasteiger partial charge < -0.3 is 43.4 Å². The number of nitrogens with zero attached hydrogens (tertiary/aromatic N) is 3. The highest BCUT2D eigenvalue weighted by atomic mass is 32.2. The number of ether oxygens (including phenoxy) is 5. The van der Waals surface area contributed by atoms with E-state index in [0.717, 1.165) is 128 Å². The fraction of sp³-hybridized carbons (Fsp3) is 0.417. The number of fused-ring (bicyclic) bond motifs is 6. The molecule has 6 aliphatic heterocycles. The molecule has 0 bridgehead atoms. The third-order valence-electron chi connectivity index (χ3n) is 15.5. The Morgan fingerprint density at radius 3 is 2.11 bits per heavy atom. The van der Waals surface area contributed by atoms with Gasteiger partial charge in [-0.25, -0.2) is 26.1 Å². The highest BCUT2D eigenvalue weighted by Crippen LogP contribution is 2.49. The minimum Gasteiger partial charge on any atom is -0.744 e. The second kappa shape index (κ2) is 24.1. The molecule has 17 nitrogen and oxygen atoms in total. The Kier molecular flexibility index (Phi) is 16.6. The first-order valence-electron chi connectivity index (χ1n) is 27.5. The first kappa shape index (κ1) is 54.5. The van der Waals surface area contributed by atoms with E-state index < -0.39 is 25.0 Å². The molecule has 6 aliphatic rings. The van der Waals surface area contributed by atoms with Crippen LogP contribution in [0.4, 0.5) is 11.4 Å². The van der Waals surface area contributed by atoms with E-state index in [1.807, 2.05) is 48.5 Å². The standard InChI is InChI=1S/C60H65N5O12S2/c66-54(61-23-21-55(67)65-40-45-11-2-1-9-41(45)17-18-42-10-3-4-16-52(42)65)22-29-73-31-33-75-35-36-76-34-32-74-30-24-62-78(68,69)46-19-20-47(53(39-46)79(70,71)72)56-50-37-43-12-5-25-63-27-7-14-48(57(43)63)59(50)77-60-49-15-8-28-64-26-6-13-44(58(49)64)38-51(56)60/h1-4,9-11,16,19-20,37-39,62H,5-8,12-15,21-36,40H2,(H-,61,66,70,71,72). The molecule has 19 heteroatoms. The van der Waals surface area contributed by atoms with Crippen molar-refractivity contribution in [1.29, 1.82) is 0 Å². The van der Waals surface area contributed by atoms with Gasteiger partial charge in [0.2, 0.25) is 27.2 Å². The molecule has 0 radical (unpaired) electrons. The summed E-state index contributed by atoms with van der Waals surface area (Å²) in [7, 11) is -9.48. The smallest absolute Gasteiger partial charge is 0.240 e. The topological polar surface area (TPSA) is 205 Å². The zero-order chi connectivity index (χ0) is 54.5. The van der Waals surface area contributed by atoms with Crippen molar-refractivity contribution in [3.8, 4) is 23.3 Å². The summed E-state index contributed by atoms with van der Waals surface area (Å²) in [6.07, 6.45) is 7.50. The van der Waals surface area contributed by atoms with Crippen LogP contribution in [0.3, 0.4) is 0 Å². The van der Waals surface area contributed by atoms with Crippen molar-refractivity contribution < 1.29 is 54.7 Å². The number of hydrogen-bond donors (Lipinski definition) is 2. The summed E-state index contributed by atoms with van der Waals surface area (Å²) in [4.78, 5) is 29.1. The van der Waals surface area contributed by atoms with Crippen LogP contribution in [0.1, 0.15) is 88.6 Å². The quantitative estimate of drug-likeness (QED) is 0.0424. The van der Waals surface area contributed by atoms with E-state index in [0.29, 0.717) is 36.8 Å². The molecule has 5 aromatic carbocycles. The van der Waals surface area contributed by atoms with Crippen molar-refractivity contribution in [2.24, 2.45) is 0 Å². The molecule has 0 saturated carbocycles. The van der Waals surface area contributed by atoms with Crippen molar-refractivity contribution in [3.05, 3.63) is 140 Å². The number of nitrogens with one attached hydrogen (secondary N) is 2. The molecule has 2 N–H and O–H groups in total. The summed E-state index contributed by atoms with van der Waals surface area (Å²) >= 11 is 0. The van der Waals surface area contributed by atoms with E-state index in [1.165, 1.54) is 34.3 Å². The Bertz CT molecular complexity index is 3620. The molecule has 11 rings (SSSR count). The van der Waals surface area contributed by atoms with Gasteiger partial charge in [-0.05, 0) is 92.1 Å². The SMILES string of the molecule is O=C(CCOCCOCCOCCOCCNS(=O)(=O)c1ccc(C2=c3cc4c5c(c3Oc3c2cc2c6c3CCCN6CCC2)CCC[N+]=5CCC4)c(S(=O)(=O)[O-])c1)NCCC(=O)N1Cc2ccccc2C#Cc2ccccc21. The van der Waals surface area contributed by atoms with Gasteiger partial charge in [0.25, 0.3) is 0 Å². The number of para-hydroxylation sites is 1. The fourth-order valence-electron chi connectivity index (χ4n) is 11.9. The van der Waals surface area contributed by atoms with Gasteiger partial charge in [-0.1, -0.05) is 48.2 Å². The van der Waals surface area contributed by atoms with Crippen LogP contribution >= 0.6 is 0 Å². The maximum absolute atomic E-state index is 13.7. The molecule has 2 amide bonds. The average molecular weight is 1110 g/mol. The van der Waals surface area contributed by atoms with Gasteiger partial charge >= 0.3 is 0 Å². The lowest BCUT2D eigenvalue weighted by atomic mass is 9.82. The van der Waals surface area contributed by atoms with E-state index in [9.17, 15) is 31.0 Å². The monoisotopic (exact) mass is 1110 g/mol. The minimum atomic E-state index is -5.20. The zero-order valence-electron chi connectivity index (χ0n) is 44.2. The van der Waals surface area contributed by atoms with E-state index in [1.54, 1.807) is 4.90 Å². The molecule has 0 aliphatic carbocycles. The molecule has 79 heavy (non-hydrogen) atoms. The summed E-state index contributed by atoms with van der Waals surface area (Å²) in [5, 5.41) is 4.74. The molecule has 414 valence electrons. The predicted octanol–water partition coefficient (Wildman–Crippen LogP) is 4.21. The summed E-state index contributed by atoms with van der Waals surface area (Å²) in [6.45, 7) is 6.10. The van der Waals surface area contributed by atoms with Gasteiger partial charge in [0.1, 0.15) is 34.7 Å². The summed E-state index contributed by atoms with van der Waals surface area (Å²) in [5.74, 6) is 7.46. The van der Waals surface area contributed by atoms with Crippen molar-refractivity contribution in [1.82, 2.24) is 14.6 Å². The second-order valence-electron chi connectivity index (χ2n) is 20.6. The van der Waals surface area contributed by atoms with Gasteiger partial charge in [0.05, 0.1) is 80.4 Å². The largest absolute Gasteiger partial charge is 0.744 e. The van der Waals surface area contributed by atoms with Gasteiger partial charge in [-0.3, -0.25) is 9.59 Å². The van der Waals surface area contributed by atoms with Crippen LogP contribution < -0.4 is 39.7 Å². The molecular formula is C60H65N5O12S2. The molecule has 6 heterocycles. The van der Waals surface area contributed by atoms with Crippen LogP contribution in [0.15, 0.2) is 88.7 Å². The van der Waals surface area contributed by atoms with Crippen molar-refractivity contribution in [2.75, 3.05) is 102 Å². The highest BCUT2D eigenvalue weighted by Gasteiger charge is 2.37. The van der Waals surface area contributed by atoms with E-state index in [4.69, 9.17) is 23.7 Å². The molecule has 0 aromatic heterocycles. The van der Waals surface area contributed by atoms with Crippen molar-refractivity contribution >= 4 is 48.9 Å². The Hall–Kier alpha value is -6.47. The van der Waals surface area contributed by atoms with Crippen molar-refractivity contribution in [2.45, 2.75) is 80.5 Å². The summed E-state index contributed by atoms with van der Waals surface area (Å²) in [6, 6.07) is 23.4. The second-order valence-corrected chi connectivity index (χ2v) is 23.7. The van der Waals surface area contributed by atoms with Crippen LogP contribution in [0.25, 0.3) is 5.57 Å². The lowest BCUT2D eigenvalue weighted by Gasteiger charge is -2.39. The maximum atomic E-state index is 13.7. The Labute approximate surface area is 461 Å². The van der Waals surface area contributed by atoms with Crippen LogP contribution in [-0.4, -0.2) is 125 Å². The van der Waals surface area contributed by atoms with Crippen LogP contribution in [0.2, 0.25) is 0 Å². The molecule has 0 spiro atoms. The van der Waals surface area contributed by atoms with Gasteiger partial charge in [0, 0.05) is 102 Å². The Balaban J connectivity index is 0.623. The Morgan fingerprint density at radius 1 is 0.658 bits per heavy atom. The lowest BCUT2D eigenvalue weighted by molar-refractivity contribution is -0.122. The normalized spacial score (nSPS) is 15.9. The minimum absolute atomic E-state index is 0.0100. The predicted molar refractivity (Wildman–Crippen MR) is 295 cm³/mol. The lowest BCUT2D eigenvalue weighted by Crippen LogP contribution is -2.45. The Morgan fingerprint density at radius 2 is 1.33 bits per heavy atom. The van der Waals surface area contributed by atoms with Crippen LogP contribution in [-0.2, 0) is 80.9 Å². The highest BCUT2D eigenvalue weighted by molar-refractivity contribution is 7.89. The molecule has 0 saturated heterocycles. The number of hydrogen-bond acceptors (Lipinski definition) is 13. The maximum Gasteiger partial charge on any atom is 0.240 e. The third-order valence-corrected chi connectivity index (χ3v) is 17.8. The van der Waals surface area contributed by atoms with Gasteiger partial charge in [-0.2, -0.15) is 0 Å². The summed E-state index contributed by atoms with van der Waals surface area (Å²) < 4.78 is 102. The number of benzene rings is 5. The van der Waals surface area contributed by atoms with E-state index >= 15 is 0 Å². The number of rotatable bonds is 22. The fourth-order valence-corrected chi connectivity index (χ4v) is 13.7. The number of sulfonamides is 1. The third kappa shape index (κ3) is 11.9. The first-order valence-corrected chi connectivity index (χ1v) is 30.4.